The zero-order valence-electron chi connectivity index (χ0n) is 11.8. The SMILES string of the molecule is CCCCCC(CC)CN(C)C(C)(C)C. The summed E-state index contributed by atoms with van der Waals surface area (Å²) < 4.78 is 0. The third kappa shape index (κ3) is 6.94. The summed E-state index contributed by atoms with van der Waals surface area (Å²) in [5, 5.41) is 0. The van der Waals surface area contributed by atoms with Crippen LogP contribution in [0.15, 0.2) is 0 Å². The van der Waals surface area contributed by atoms with E-state index in [0.29, 0.717) is 5.54 Å². The minimum Gasteiger partial charge on any atom is -0.301 e. The molecule has 92 valence electrons. The highest BCUT2D eigenvalue weighted by atomic mass is 15.2. The van der Waals surface area contributed by atoms with Gasteiger partial charge >= 0.3 is 0 Å². The van der Waals surface area contributed by atoms with Crippen LogP contribution in [0, 0.1) is 5.92 Å². The Bertz CT molecular complexity index is 146. The summed E-state index contributed by atoms with van der Waals surface area (Å²) in [6.45, 7) is 12.8. The molecule has 0 radical (unpaired) electrons. The lowest BCUT2D eigenvalue weighted by molar-refractivity contribution is 0.142. The maximum absolute atomic E-state index is 2.49. The molecule has 0 bridgehead atoms. The third-order valence-corrected chi connectivity index (χ3v) is 3.47. The summed E-state index contributed by atoms with van der Waals surface area (Å²) >= 11 is 0. The number of hydrogen-bond donors (Lipinski definition) is 0. The molecule has 0 amide bonds. The number of nitrogens with zero attached hydrogens (tertiary/aromatic N) is 1. The fourth-order valence-corrected chi connectivity index (χ4v) is 1.77. The van der Waals surface area contributed by atoms with Gasteiger partial charge < -0.3 is 4.90 Å². The van der Waals surface area contributed by atoms with Crippen LogP contribution in [0.2, 0.25) is 0 Å². The zero-order valence-corrected chi connectivity index (χ0v) is 11.8. The molecule has 1 atom stereocenters. The van der Waals surface area contributed by atoms with Crippen LogP contribution in [0.1, 0.15) is 66.7 Å². The number of unbranched alkanes of at least 4 members (excludes halogenated alkanes) is 2. The summed E-state index contributed by atoms with van der Waals surface area (Å²) in [4.78, 5) is 2.49. The van der Waals surface area contributed by atoms with Crippen LogP contribution in [-0.4, -0.2) is 24.0 Å². The monoisotopic (exact) mass is 213 g/mol. The van der Waals surface area contributed by atoms with Gasteiger partial charge in [-0.25, -0.2) is 0 Å². The van der Waals surface area contributed by atoms with E-state index in [-0.39, 0.29) is 0 Å². The van der Waals surface area contributed by atoms with Crippen molar-refractivity contribution in [3.8, 4) is 0 Å². The fourth-order valence-electron chi connectivity index (χ4n) is 1.77. The van der Waals surface area contributed by atoms with Gasteiger partial charge in [0.15, 0.2) is 0 Å². The van der Waals surface area contributed by atoms with Gasteiger partial charge in [0.2, 0.25) is 0 Å². The quantitative estimate of drug-likeness (QED) is 0.569. The topological polar surface area (TPSA) is 3.24 Å². The van der Waals surface area contributed by atoms with Crippen LogP contribution in [-0.2, 0) is 0 Å². The molecule has 0 aliphatic heterocycles. The van der Waals surface area contributed by atoms with Crippen molar-refractivity contribution in [2.24, 2.45) is 5.92 Å². The number of hydrogen-bond acceptors (Lipinski definition) is 1. The average Bonchev–Trinajstić information content (AvgIpc) is 2.14. The molecule has 0 aromatic heterocycles. The Hall–Kier alpha value is -0.0400. The second-order valence-electron chi connectivity index (χ2n) is 5.82. The molecule has 0 fully saturated rings. The van der Waals surface area contributed by atoms with Crippen LogP contribution >= 0.6 is 0 Å². The first-order chi connectivity index (χ1) is 6.91. The van der Waals surface area contributed by atoms with Crippen LogP contribution in [0.25, 0.3) is 0 Å². The Morgan fingerprint density at radius 2 is 1.67 bits per heavy atom. The lowest BCUT2D eigenvalue weighted by Crippen LogP contribution is -2.41. The molecule has 0 saturated heterocycles. The maximum Gasteiger partial charge on any atom is 0.0122 e. The van der Waals surface area contributed by atoms with Gasteiger partial charge in [-0.15, -0.1) is 0 Å². The van der Waals surface area contributed by atoms with Gasteiger partial charge in [-0.1, -0.05) is 39.5 Å². The zero-order chi connectivity index (χ0) is 11.9. The van der Waals surface area contributed by atoms with E-state index in [1.807, 2.05) is 0 Å². The summed E-state index contributed by atoms with van der Waals surface area (Å²) in [5.41, 5.74) is 0.318. The van der Waals surface area contributed by atoms with Gasteiger partial charge in [0.1, 0.15) is 0 Å². The van der Waals surface area contributed by atoms with Crippen molar-refractivity contribution >= 4 is 0 Å². The van der Waals surface area contributed by atoms with E-state index in [0.717, 1.165) is 5.92 Å². The Balaban J connectivity index is 3.88. The molecule has 15 heavy (non-hydrogen) atoms. The van der Waals surface area contributed by atoms with E-state index in [4.69, 9.17) is 0 Å². The van der Waals surface area contributed by atoms with Crippen molar-refractivity contribution < 1.29 is 0 Å². The van der Waals surface area contributed by atoms with Crippen molar-refractivity contribution in [2.75, 3.05) is 13.6 Å². The second kappa shape index (κ2) is 7.27. The number of rotatable bonds is 7. The van der Waals surface area contributed by atoms with E-state index in [1.54, 1.807) is 0 Å². The molecule has 0 N–H and O–H groups in total. The van der Waals surface area contributed by atoms with E-state index >= 15 is 0 Å². The minimum atomic E-state index is 0.318. The molecule has 1 heteroatoms. The predicted molar refractivity (Wildman–Crippen MR) is 70.3 cm³/mol. The second-order valence-corrected chi connectivity index (χ2v) is 5.82. The fraction of sp³-hybridized carbons (Fsp3) is 1.00. The molecule has 0 aromatic carbocycles. The average molecular weight is 213 g/mol. The Morgan fingerprint density at radius 3 is 2.07 bits per heavy atom. The van der Waals surface area contributed by atoms with Gasteiger partial charge in [-0.2, -0.15) is 0 Å². The lowest BCUT2D eigenvalue weighted by atomic mass is 9.96. The van der Waals surface area contributed by atoms with Crippen molar-refractivity contribution in [1.29, 1.82) is 0 Å². The van der Waals surface area contributed by atoms with Crippen LogP contribution in [0.4, 0.5) is 0 Å². The molecule has 0 saturated carbocycles. The first kappa shape index (κ1) is 15.0. The highest BCUT2D eigenvalue weighted by molar-refractivity contribution is 4.75. The van der Waals surface area contributed by atoms with Gasteiger partial charge in [-0.3, -0.25) is 0 Å². The summed E-state index contributed by atoms with van der Waals surface area (Å²) in [5.74, 6) is 0.890. The molecular formula is C14H31N. The molecule has 0 spiro atoms. The largest absolute Gasteiger partial charge is 0.301 e. The van der Waals surface area contributed by atoms with Gasteiger partial charge in [-0.05, 0) is 40.2 Å². The molecule has 1 nitrogen and oxygen atoms in total. The van der Waals surface area contributed by atoms with E-state index in [9.17, 15) is 0 Å². The van der Waals surface area contributed by atoms with Gasteiger partial charge in [0.25, 0.3) is 0 Å². The predicted octanol–water partition coefficient (Wildman–Crippen LogP) is 4.32. The van der Waals surface area contributed by atoms with Crippen molar-refractivity contribution in [2.45, 2.75) is 72.3 Å². The van der Waals surface area contributed by atoms with Gasteiger partial charge in [0, 0.05) is 12.1 Å². The first-order valence-corrected chi connectivity index (χ1v) is 6.63. The standard InChI is InChI=1S/C14H31N/c1-7-9-10-11-13(8-2)12-15(6)14(3,4)5/h13H,7-12H2,1-6H3. The summed E-state index contributed by atoms with van der Waals surface area (Å²) in [7, 11) is 2.25. The summed E-state index contributed by atoms with van der Waals surface area (Å²) in [6, 6.07) is 0. The lowest BCUT2D eigenvalue weighted by Gasteiger charge is -2.34. The highest BCUT2D eigenvalue weighted by Crippen LogP contribution is 2.19. The van der Waals surface area contributed by atoms with Crippen LogP contribution < -0.4 is 0 Å². The Morgan fingerprint density at radius 1 is 1.07 bits per heavy atom. The molecule has 1 unspecified atom stereocenters. The molecule has 0 heterocycles. The van der Waals surface area contributed by atoms with Crippen molar-refractivity contribution in [3.63, 3.8) is 0 Å². The molecule has 0 aliphatic carbocycles. The van der Waals surface area contributed by atoms with E-state index in [1.165, 1.54) is 38.6 Å². The Labute approximate surface area is 97.2 Å². The molecule has 0 aliphatic rings. The first-order valence-electron chi connectivity index (χ1n) is 6.63. The smallest absolute Gasteiger partial charge is 0.0122 e. The Kier molecular flexibility index (Phi) is 7.25. The van der Waals surface area contributed by atoms with Crippen LogP contribution in [0.5, 0.6) is 0 Å². The maximum atomic E-state index is 2.49. The normalized spacial score (nSPS) is 14.6. The van der Waals surface area contributed by atoms with Gasteiger partial charge in [0.05, 0.1) is 0 Å². The minimum absolute atomic E-state index is 0.318. The van der Waals surface area contributed by atoms with E-state index in [2.05, 4.69) is 46.6 Å². The van der Waals surface area contributed by atoms with Crippen molar-refractivity contribution in [1.82, 2.24) is 4.90 Å². The molecular weight excluding hydrogens is 182 g/mol. The molecule has 0 aromatic rings. The molecule has 0 rings (SSSR count). The van der Waals surface area contributed by atoms with Crippen LogP contribution in [0.3, 0.4) is 0 Å². The highest BCUT2D eigenvalue weighted by Gasteiger charge is 2.19. The summed E-state index contributed by atoms with van der Waals surface area (Å²) in [6.07, 6.45) is 6.88. The van der Waals surface area contributed by atoms with E-state index < -0.39 is 0 Å². The third-order valence-electron chi connectivity index (χ3n) is 3.47. The van der Waals surface area contributed by atoms with Crippen molar-refractivity contribution in [3.05, 3.63) is 0 Å².